The Morgan fingerprint density at radius 3 is 0.764 bits per heavy atom. The van der Waals surface area contributed by atoms with Gasteiger partial charge in [-0.25, -0.2) is 39.6 Å². The third kappa shape index (κ3) is 13.6. The van der Waals surface area contributed by atoms with E-state index >= 15 is 0 Å². The van der Waals surface area contributed by atoms with Crippen molar-refractivity contribution >= 4 is 55.0 Å². The number of nitrogens with zero attached hydrogens (tertiary/aromatic N) is 10. The van der Waals surface area contributed by atoms with Crippen LogP contribution in [0.15, 0.2) is 303 Å². The lowest BCUT2D eigenvalue weighted by molar-refractivity contribution is 1.07. The molecule has 0 aliphatic heterocycles. The molecule has 4 aromatic heterocycles. The number of hydrogen-bond acceptors (Lipinski definition) is 6. The summed E-state index contributed by atoms with van der Waals surface area (Å²) in [4.78, 5) is 37.6. The molecular weight excluding hydrogens is 1340 g/mol. The van der Waals surface area contributed by atoms with Crippen molar-refractivity contribution in [3.8, 4) is 124 Å². The smallest absolute Gasteiger partial charge is 0.200 e. The van der Waals surface area contributed by atoms with E-state index in [1.54, 1.807) is 0 Å². The molecule has 0 fully saturated rings. The van der Waals surface area contributed by atoms with Gasteiger partial charge in [0.1, 0.15) is 0 Å². The van der Waals surface area contributed by atoms with Crippen molar-refractivity contribution in [2.24, 2.45) is 0 Å². The summed E-state index contributed by atoms with van der Waals surface area (Å²) in [6.45, 7) is 33.8. The molecular formula is C100H74N10. The Labute approximate surface area is 640 Å². The van der Waals surface area contributed by atoms with Crippen molar-refractivity contribution < 1.29 is 0 Å². The molecule has 4 heterocycles. The lowest BCUT2D eigenvalue weighted by Gasteiger charge is -2.13. The van der Waals surface area contributed by atoms with E-state index in [2.05, 4.69) is 232 Å². The van der Waals surface area contributed by atoms with Gasteiger partial charge in [-0.1, -0.05) is 275 Å². The van der Waals surface area contributed by atoms with Crippen LogP contribution in [0.4, 0.5) is 11.4 Å². The van der Waals surface area contributed by atoms with Crippen LogP contribution in [0.2, 0.25) is 0 Å². The van der Waals surface area contributed by atoms with Crippen LogP contribution in [0.25, 0.3) is 178 Å². The van der Waals surface area contributed by atoms with Gasteiger partial charge in [-0.05, 0) is 173 Å². The molecule has 0 radical (unpaired) electrons. The standard InChI is InChI=1S/2C50H37N5/c1-31-22-32(2)25-39(24-31)37-16-20-46-42(28-37)43-29-38(40-26-33(3)23-34(4)27-40)17-21-47(43)55(46)41-18-19-45(51-5)44(30-41)50-53-48(35-12-8-6-9-13-35)52-49(54-50)36-14-10-7-11-15-36;1-31-22-32(2)25-39(24-31)37-16-20-46-43(28-37)44-29-38(40-26-33(3)23-34(4)27-40)17-21-47(44)55(46)41-18-19-42(45(30-41)51-5)50-53-48(35-12-8-6-9-13-35)52-49(54-50)36-14-10-7-11-15-36/h2*6-30H,1-4H3. The van der Waals surface area contributed by atoms with Crippen molar-refractivity contribution in [1.29, 1.82) is 0 Å². The zero-order chi connectivity index (χ0) is 75.3. The van der Waals surface area contributed by atoms with Gasteiger partial charge in [0, 0.05) is 66.3 Å². The SMILES string of the molecule is [C-]#[N+]c1cc(-n2c3ccc(-c4cc(C)cc(C)c4)cc3c3cc(-c4cc(C)cc(C)c4)ccc32)ccc1-c1nc(-c2ccccc2)nc(-c2ccccc2)n1.[C-]#[N+]c1ccc(-n2c3ccc(-c4cc(C)cc(C)c4)cc3c3cc(-c4cc(C)cc(C)c4)ccc32)cc1-c1nc(-c2ccccc2)nc(-c2ccccc2)n1. The fourth-order valence-electron chi connectivity index (χ4n) is 15.6. The van der Waals surface area contributed by atoms with Gasteiger partial charge < -0.3 is 9.13 Å². The maximum Gasteiger partial charge on any atom is 0.200 e. The summed E-state index contributed by atoms with van der Waals surface area (Å²) >= 11 is 0. The summed E-state index contributed by atoms with van der Waals surface area (Å²) in [6.07, 6.45) is 0. The maximum atomic E-state index is 8.38. The van der Waals surface area contributed by atoms with E-state index in [9.17, 15) is 0 Å². The monoisotopic (exact) mass is 1410 g/mol. The Hall–Kier alpha value is -14.3. The number of hydrogen-bond donors (Lipinski definition) is 0. The van der Waals surface area contributed by atoms with Crippen LogP contribution in [-0.4, -0.2) is 39.0 Å². The summed E-state index contributed by atoms with van der Waals surface area (Å²) in [5.74, 6) is 3.15. The van der Waals surface area contributed by atoms with E-state index in [1.165, 1.54) is 89.0 Å². The zero-order valence-electron chi connectivity index (χ0n) is 62.3. The number of fused-ring (bicyclic) bond motifs is 6. The third-order valence-corrected chi connectivity index (χ3v) is 20.3. The molecule has 10 nitrogen and oxygen atoms in total. The van der Waals surface area contributed by atoms with Crippen LogP contribution in [0.5, 0.6) is 0 Å². The lowest BCUT2D eigenvalue weighted by atomic mass is 9.97. The van der Waals surface area contributed by atoms with Crippen LogP contribution in [0.1, 0.15) is 44.5 Å². The quantitative estimate of drug-likeness (QED) is 0.113. The van der Waals surface area contributed by atoms with Crippen molar-refractivity contribution in [3.63, 3.8) is 0 Å². The highest BCUT2D eigenvalue weighted by atomic mass is 15.1. The Bertz CT molecular complexity index is 6340. The molecule has 110 heavy (non-hydrogen) atoms. The minimum absolute atomic E-state index is 0.454. The molecule has 0 bridgehead atoms. The van der Waals surface area contributed by atoms with Gasteiger partial charge in [0.05, 0.1) is 35.2 Å². The predicted octanol–water partition coefficient (Wildman–Crippen LogP) is 26.2. The second-order valence-electron chi connectivity index (χ2n) is 28.8. The summed E-state index contributed by atoms with van der Waals surface area (Å²) < 4.78 is 4.58. The van der Waals surface area contributed by atoms with Gasteiger partial charge >= 0.3 is 0 Å². The van der Waals surface area contributed by atoms with E-state index in [4.69, 9.17) is 43.0 Å². The average Bonchev–Trinajstić information content (AvgIpc) is 1.63. The second-order valence-corrected chi connectivity index (χ2v) is 28.8. The molecule has 0 saturated carbocycles. The van der Waals surface area contributed by atoms with Crippen LogP contribution in [0.3, 0.4) is 0 Å². The van der Waals surface area contributed by atoms with E-state index in [0.29, 0.717) is 57.4 Å². The van der Waals surface area contributed by atoms with Gasteiger partial charge in [0.25, 0.3) is 0 Å². The first-order chi connectivity index (χ1) is 53.6. The largest absolute Gasteiger partial charge is 0.311 e. The van der Waals surface area contributed by atoms with Crippen LogP contribution < -0.4 is 0 Å². The predicted molar refractivity (Wildman–Crippen MR) is 453 cm³/mol. The molecule has 18 rings (SSSR count). The van der Waals surface area contributed by atoms with Gasteiger partial charge in [-0.15, -0.1) is 0 Å². The van der Waals surface area contributed by atoms with E-state index in [-0.39, 0.29) is 0 Å². The fourth-order valence-corrected chi connectivity index (χ4v) is 15.6. The molecule has 0 saturated heterocycles. The minimum Gasteiger partial charge on any atom is -0.311 e. The molecule has 0 N–H and O–H groups in total. The van der Waals surface area contributed by atoms with E-state index in [0.717, 1.165) is 77.2 Å². The van der Waals surface area contributed by atoms with Crippen molar-refractivity contribution in [2.45, 2.75) is 55.4 Å². The van der Waals surface area contributed by atoms with Crippen molar-refractivity contribution in [2.75, 3.05) is 0 Å². The van der Waals surface area contributed by atoms with E-state index < -0.39 is 0 Å². The van der Waals surface area contributed by atoms with Gasteiger partial charge in [0.15, 0.2) is 46.3 Å². The highest BCUT2D eigenvalue weighted by Gasteiger charge is 2.23. The number of rotatable bonds is 12. The van der Waals surface area contributed by atoms with E-state index in [1.807, 2.05) is 146 Å². The molecule has 0 unspecified atom stereocenters. The highest BCUT2D eigenvalue weighted by Crippen LogP contribution is 2.44. The van der Waals surface area contributed by atoms with Gasteiger partial charge in [0.2, 0.25) is 0 Å². The first-order valence-electron chi connectivity index (χ1n) is 36.9. The molecule has 0 atom stereocenters. The molecule has 0 spiro atoms. The minimum atomic E-state index is 0.454. The highest BCUT2D eigenvalue weighted by molar-refractivity contribution is 6.13. The first-order valence-corrected chi connectivity index (χ1v) is 36.9. The number of aryl methyl sites for hydroxylation is 8. The Balaban J connectivity index is 0.000000160. The first kappa shape index (κ1) is 68.8. The van der Waals surface area contributed by atoms with Crippen LogP contribution in [0, 0.1) is 68.5 Å². The topological polar surface area (TPSA) is 95.9 Å². The molecule has 0 aliphatic carbocycles. The molecule has 14 aromatic carbocycles. The van der Waals surface area contributed by atoms with Gasteiger partial charge in [-0.2, -0.15) is 0 Å². The molecule has 18 aromatic rings. The Morgan fingerprint density at radius 2 is 0.473 bits per heavy atom. The fraction of sp³-hybridized carbons (Fsp3) is 0.0800. The Kier molecular flexibility index (Phi) is 18.0. The summed E-state index contributed by atoms with van der Waals surface area (Å²) in [5.41, 5.74) is 31.3. The van der Waals surface area contributed by atoms with Crippen LogP contribution in [-0.2, 0) is 0 Å². The summed E-state index contributed by atoms with van der Waals surface area (Å²) in [7, 11) is 0. The Morgan fingerprint density at radius 1 is 0.209 bits per heavy atom. The summed E-state index contributed by atoms with van der Waals surface area (Å²) in [6, 6.07) is 106. The maximum absolute atomic E-state index is 8.38. The second kappa shape index (κ2) is 28.9. The molecule has 524 valence electrons. The van der Waals surface area contributed by atoms with Crippen LogP contribution >= 0.6 is 0 Å². The van der Waals surface area contributed by atoms with Gasteiger partial charge in [-0.3, -0.25) is 0 Å². The number of aromatic nitrogens is 8. The molecule has 0 amide bonds. The van der Waals surface area contributed by atoms with Crippen molar-refractivity contribution in [3.05, 3.63) is 371 Å². The normalized spacial score (nSPS) is 11.3. The molecule has 0 aliphatic rings. The van der Waals surface area contributed by atoms with Crippen molar-refractivity contribution in [1.82, 2.24) is 39.0 Å². The third-order valence-electron chi connectivity index (χ3n) is 20.3. The number of benzene rings is 14. The lowest BCUT2D eigenvalue weighted by Crippen LogP contribution is -2.01. The zero-order valence-corrected chi connectivity index (χ0v) is 62.3. The summed E-state index contributed by atoms with van der Waals surface area (Å²) in [5, 5.41) is 4.63. The average molecular weight is 1420 g/mol. The molecule has 10 heteroatoms.